The van der Waals surface area contributed by atoms with Crippen LogP contribution in [-0.4, -0.2) is 5.11 Å². The molecule has 1 heteroatoms. The Morgan fingerprint density at radius 3 is 3.00 bits per heavy atom. The molecule has 2 aliphatic rings. The van der Waals surface area contributed by atoms with Crippen LogP contribution in [0, 0.1) is 5.92 Å². The molecule has 0 radical (unpaired) electrons. The molecule has 1 fully saturated rings. The van der Waals surface area contributed by atoms with E-state index in [9.17, 15) is 5.11 Å². The van der Waals surface area contributed by atoms with Gasteiger partial charge in [-0.2, -0.15) is 0 Å². The van der Waals surface area contributed by atoms with Crippen molar-refractivity contribution in [3.05, 3.63) is 29.3 Å². The summed E-state index contributed by atoms with van der Waals surface area (Å²) >= 11 is 0. The Bertz CT molecular complexity index is 410. The van der Waals surface area contributed by atoms with E-state index in [-0.39, 0.29) is 0 Å². The van der Waals surface area contributed by atoms with Crippen molar-refractivity contribution in [2.75, 3.05) is 0 Å². The predicted octanol–water partition coefficient (Wildman–Crippen LogP) is 3.79. The molecule has 0 amide bonds. The maximum Gasteiger partial charge on any atom is 0.115 e. The fourth-order valence-corrected chi connectivity index (χ4v) is 3.87. The average Bonchev–Trinajstić information content (AvgIpc) is 2.29. The molecule has 1 saturated carbocycles. The van der Waals surface area contributed by atoms with Gasteiger partial charge in [-0.3, -0.25) is 0 Å². The Morgan fingerprint density at radius 2 is 2.12 bits per heavy atom. The third-order valence-corrected chi connectivity index (χ3v) is 4.87. The SMILES string of the molecule is C[C@]12CCCCC1CCc1ccc(O)cc12. The van der Waals surface area contributed by atoms with Gasteiger partial charge in [0.2, 0.25) is 0 Å². The summed E-state index contributed by atoms with van der Waals surface area (Å²) in [6, 6.07) is 5.99. The van der Waals surface area contributed by atoms with E-state index in [1.165, 1.54) is 49.7 Å². The predicted molar refractivity (Wildman–Crippen MR) is 65.7 cm³/mol. The minimum Gasteiger partial charge on any atom is -0.508 e. The summed E-state index contributed by atoms with van der Waals surface area (Å²) in [5, 5.41) is 9.69. The topological polar surface area (TPSA) is 20.2 Å². The van der Waals surface area contributed by atoms with E-state index in [1.807, 2.05) is 12.1 Å². The summed E-state index contributed by atoms with van der Waals surface area (Å²) in [5.41, 5.74) is 3.24. The van der Waals surface area contributed by atoms with E-state index in [0.29, 0.717) is 11.2 Å². The standard InChI is InChI=1S/C15H20O/c1-15-9-3-2-4-12(15)7-5-11-6-8-13(16)10-14(11)15/h6,8,10,12,16H,2-5,7,9H2,1H3/t12?,15-/m0/s1. The Labute approximate surface area is 97.5 Å². The van der Waals surface area contributed by atoms with Crippen LogP contribution < -0.4 is 0 Å². The van der Waals surface area contributed by atoms with E-state index in [1.54, 1.807) is 0 Å². The highest BCUT2D eigenvalue weighted by molar-refractivity contribution is 5.42. The summed E-state index contributed by atoms with van der Waals surface area (Å²) in [6.07, 6.45) is 7.97. The van der Waals surface area contributed by atoms with E-state index >= 15 is 0 Å². The zero-order chi connectivity index (χ0) is 11.2. The second-order valence-corrected chi connectivity index (χ2v) is 5.74. The zero-order valence-electron chi connectivity index (χ0n) is 10.00. The normalized spacial score (nSPS) is 32.9. The molecule has 2 atom stereocenters. The van der Waals surface area contributed by atoms with E-state index in [2.05, 4.69) is 13.0 Å². The van der Waals surface area contributed by atoms with Crippen molar-refractivity contribution in [1.82, 2.24) is 0 Å². The molecule has 1 aromatic carbocycles. The van der Waals surface area contributed by atoms with Gasteiger partial charge in [0.25, 0.3) is 0 Å². The highest BCUT2D eigenvalue weighted by atomic mass is 16.3. The third-order valence-electron chi connectivity index (χ3n) is 4.87. The molecule has 1 aromatic rings. The van der Waals surface area contributed by atoms with E-state index in [0.717, 1.165) is 5.92 Å². The van der Waals surface area contributed by atoms with Gasteiger partial charge in [0.05, 0.1) is 0 Å². The number of phenols is 1. The fourth-order valence-electron chi connectivity index (χ4n) is 3.87. The van der Waals surface area contributed by atoms with Gasteiger partial charge in [0.1, 0.15) is 5.75 Å². The van der Waals surface area contributed by atoms with Crippen LogP contribution >= 0.6 is 0 Å². The zero-order valence-corrected chi connectivity index (χ0v) is 10.00. The highest BCUT2D eigenvalue weighted by Crippen LogP contribution is 2.50. The number of aryl methyl sites for hydroxylation is 1. The largest absolute Gasteiger partial charge is 0.508 e. The lowest BCUT2D eigenvalue weighted by Crippen LogP contribution is -2.39. The summed E-state index contributed by atoms with van der Waals surface area (Å²) in [7, 11) is 0. The summed E-state index contributed by atoms with van der Waals surface area (Å²) in [5.74, 6) is 1.28. The van der Waals surface area contributed by atoms with Crippen LogP contribution in [0.3, 0.4) is 0 Å². The molecule has 2 aliphatic carbocycles. The lowest BCUT2D eigenvalue weighted by molar-refractivity contribution is 0.177. The maximum absolute atomic E-state index is 9.69. The smallest absolute Gasteiger partial charge is 0.115 e. The Kier molecular flexibility index (Phi) is 2.24. The van der Waals surface area contributed by atoms with Crippen molar-refractivity contribution in [3.63, 3.8) is 0 Å². The Hall–Kier alpha value is -0.980. The average molecular weight is 216 g/mol. The molecule has 0 spiro atoms. The Morgan fingerprint density at radius 1 is 1.25 bits per heavy atom. The van der Waals surface area contributed by atoms with Gasteiger partial charge in [-0.15, -0.1) is 0 Å². The molecule has 0 aromatic heterocycles. The van der Waals surface area contributed by atoms with Crippen LogP contribution in [0.4, 0.5) is 0 Å². The molecular weight excluding hydrogens is 196 g/mol. The molecule has 1 unspecified atom stereocenters. The molecule has 0 aliphatic heterocycles. The van der Waals surface area contributed by atoms with Crippen molar-refractivity contribution in [2.45, 2.75) is 50.9 Å². The third kappa shape index (κ3) is 1.37. The van der Waals surface area contributed by atoms with Gasteiger partial charge in [-0.05, 0) is 60.3 Å². The van der Waals surface area contributed by atoms with Crippen LogP contribution in [0.5, 0.6) is 5.75 Å². The molecule has 86 valence electrons. The van der Waals surface area contributed by atoms with Gasteiger partial charge in [0, 0.05) is 0 Å². The molecule has 3 rings (SSSR count). The van der Waals surface area contributed by atoms with Gasteiger partial charge in [-0.25, -0.2) is 0 Å². The first-order valence-corrected chi connectivity index (χ1v) is 6.52. The first-order chi connectivity index (χ1) is 7.70. The van der Waals surface area contributed by atoms with Crippen LogP contribution in [-0.2, 0) is 11.8 Å². The van der Waals surface area contributed by atoms with Crippen molar-refractivity contribution in [2.24, 2.45) is 5.92 Å². The molecule has 0 saturated heterocycles. The van der Waals surface area contributed by atoms with E-state index < -0.39 is 0 Å². The number of phenolic OH excluding ortho intramolecular Hbond substituents is 1. The van der Waals surface area contributed by atoms with Gasteiger partial charge < -0.3 is 5.11 Å². The van der Waals surface area contributed by atoms with Crippen molar-refractivity contribution in [1.29, 1.82) is 0 Å². The summed E-state index contributed by atoms with van der Waals surface area (Å²) in [6.45, 7) is 2.41. The number of benzene rings is 1. The molecular formula is C15H20O. The molecule has 0 heterocycles. The highest BCUT2D eigenvalue weighted by Gasteiger charge is 2.41. The van der Waals surface area contributed by atoms with Crippen molar-refractivity contribution >= 4 is 0 Å². The molecule has 1 N–H and O–H groups in total. The fraction of sp³-hybridized carbons (Fsp3) is 0.600. The second-order valence-electron chi connectivity index (χ2n) is 5.74. The number of fused-ring (bicyclic) bond motifs is 3. The van der Waals surface area contributed by atoms with Crippen LogP contribution in [0.15, 0.2) is 18.2 Å². The monoisotopic (exact) mass is 216 g/mol. The second kappa shape index (κ2) is 3.51. The Balaban J connectivity index is 2.11. The minimum atomic E-state index is 0.338. The number of rotatable bonds is 0. The van der Waals surface area contributed by atoms with Crippen molar-refractivity contribution < 1.29 is 5.11 Å². The van der Waals surface area contributed by atoms with Gasteiger partial charge in [-0.1, -0.05) is 25.8 Å². The molecule has 16 heavy (non-hydrogen) atoms. The maximum atomic E-state index is 9.69. The molecule has 0 bridgehead atoms. The van der Waals surface area contributed by atoms with Gasteiger partial charge >= 0.3 is 0 Å². The van der Waals surface area contributed by atoms with Gasteiger partial charge in [0.15, 0.2) is 0 Å². The first kappa shape index (κ1) is 10.2. The number of hydrogen-bond acceptors (Lipinski definition) is 1. The minimum absolute atomic E-state index is 0.338. The summed E-state index contributed by atoms with van der Waals surface area (Å²) < 4.78 is 0. The lowest BCUT2D eigenvalue weighted by Gasteiger charge is -2.46. The van der Waals surface area contributed by atoms with Crippen LogP contribution in [0.2, 0.25) is 0 Å². The van der Waals surface area contributed by atoms with Crippen LogP contribution in [0.1, 0.15) is 50.2 Å². The van der Waals surface area contributed by atoms with E-state index in [4.69, 9.17) is 0 Å². The van der Waals surface area contributed by atoms with Crippen molar-refractivity contribution in [3.8, 4) is 5.75 Å². The number of aromatic hydroxyl groups is 1. The summed E-state index contributed by atoms with van der Waals surface area (Å²) in [4.78, 5) is 0. The molecule has 1 nitrogen and oxygen atoms in total. The quantitative estimate of drug-likeness (QED) is 0.699. The lowest BCUT2D eigenvalue weighted by atomic mass is 9.58. The van der Waals surface area contributed by atoms with Crippen LogP contribution in [0.25, 0.3) is 0 Å². The first-order valence-electron chi connectivity index (χ1n) is 6.52. The number of hydrogen-bond donors (Lipinski definition) is 1.